The van der Waals surface area contributed by atoms with Gasteiger partial charge in [-0.2, -0.15) is 0 Å². The molecule has 6 nitrogen and oxygen atoms in total. The van der Waals surface area contributed by atoms with Gasteiger partial charge in [0, 0.05) is 5.56 Å². The summed E-state index contributed by atoms with van der Waals surface area (Å²) in [6, 6.07) is 5.71. The second kappa shape index (κ2) is 5.88. The quantitative estimate of drug-likeness (QED) is 0.867. The fraction of sp³-hybridized carbons (Fsp3) is 0.429. The van der Waals surface area contributed by atoms with Crippen molar-refractivity contribution in [2.24, 2.45) is 0 Å². The van der Waals surface area contributed by atoms with Crippen LogP contribution in [0.3, 0.4) is 0 Å². The second-order valence-electron chi connectivity index (χ2n) is 5.08. The molecule has 1 aromatic heterocycles. The minimum atomic E-state index is -0.620. The summed E-state index contributed by atoms with van der Waals surface area (Å²) in [6.07, 6.45) is 1.08. The van der Waals surface area contributed by atoms with Gasteiger partial charge in [0.05, 0.1) is 31.6 Å². The van der Waals surface area contributed by atoms with Gasteiger partial charge in [-0.1, -0.05) is 17.3 Å². The number of nitrogens with one attached hydrogen (secondary N) is 1. The predicted molar refractivity (Wildman–Crippen MR) is 74.1 cm³/mol. The van der Waals surface area contributed by atoms with Crippen LogP contribution in [0, 0.1) is 5.82 Å². The SMILES string of the molecule is CN[C@H]1COC[C@@H](n2cc(-c3cccc(F)c3)nn2)[C@@H]1O. The Hall–Kier alpha value is -1.83. The summed E-state index contributed by atoms with van der Waals surface area (Å²) in [5.41, 5.74) is 1.21. The number of hydrogen-bond acceptors (Lipinski definition) is 5. The lowest BCUT2D eigenvalue weighted by atomic mass is 10.0. The molecule has 1 aliphatic rings. The first-order valence-corrected chi connectivity index (χ1v) is 6.80. The van der Waals surface area contributed by atoms with Crippen LogP contribution in [0.25, 0.3) is 11.3 Å². The van der Waals surface area contributed by atoms with Crippen molar-refractivity contribution in [1.82, 2.24) is 20.3 Å². The molecular weight excluding hydrogens is 275 g/mol. The Morgan fingerprint density at radius 1 is 1.43 bits per heavy atom. The minimum absolute atomic E-state index is 0.148. The number of aliphatic hydroxyl groups is 1. The van der Waals surface area contributed by atoms with E-state index in [1.54, 1.807) is 30.1 Å². The highest BCUT2D eigenvalue weighted by atomic mass is 19.1. The number of aromatic nitrogens is 3. The van der Waals surface area contributed by atoms with Crippen LogP contribution in [0.1, 0.15) is 6.04 Å². The van der Waals surface area contributed by atoms with Crippen LogP contribution < -0.4 is 5.32 Å². The van der Waals surface area contributed by atoms with Crippen molar-refractivity contribution in [2.45, 2.75) is 18.2 Å². The number of aliphatic hydroxyl groups excluding tert-OH is 1. The molecule has 1 fully saturated rings. The van der Waals surface area contributed by atoms with E-state index in [0.29, 0.717) is 24.5 Å². The van der Waals surface area contributed by atoms with Gasteiger partial charge in [0.2, 0.25) is 0 Å². The Labute approximate surface area is 121 Å². The molecule has 7 heteroatoms. The van der Waals surface area contributed by atoms with Gasteiger partial charge >= 0.3 is 0 Å². The van der Waals surface area contributed by atoms with Crippen molar-refractivity contribution in [3.8, 4) is 11.3 Å². The molecule has 112 valence electrons. The molecular formula is C14H17FN4O2. The van der Waals surface area contributed by atoms with Gasteiger partial charge in [-0.25, -0.2) is 9.07 Å². The smallest absolute Gasteiger partial charge is 0.123 e. The van der Waals surface area contributed by atoms with Crippen LogP contribution in [-0.2, 0) is 4.74 Å². The van der Waals surface area contributed by atoms with E-state index >= 15 is 0 Å². The zero-order chi connectivity index (χ0) is 14.8. The Balaban J connectivity index is 1.84. The Kier molecular flexibility index (Phi) is 3.96. The van der Waals surface area contributed by atoms with Gasteiger partial charge in [0.25, 0.3) is 0 Å². The van der Waals surface area contributed by atoms with Crippen molar-refractivity contribution in [3.05, 3.63) is 36.3 Å². The van der Waals surface area contributed by atoms with Crippen molar-refractivity contribution in [3.63, 3.8) is 0 Å². The average molecular weight is 292 g/mol. The van der Waals surface area contributed by atoms with E-state index in [0.717, 1.165) is 0 Å². The maximum Gasteiger partial charge on any atom is 0.123 e. The number of nitrogens with zero attached hydrogens (tertiary/aromatic N) is 3. The van der Waals surface area contributed by atoms with Crippen LogP contribution >= 0.6 is 0 Å². The first-order chi connectivity index (χ1) is 10.2. The molecule has 0 bridgehead atoms. The summed E-state index contributed by atoms with van der Waals surface area (Å²) in [6.45, 7) is 0.824. The summed E-state index contributed by atoms with van der Waals surface area (Å²) in [7, 11) is 1.78. The number of benzene rings is 1. The molecule has 0 amide bonds. The average Bonchev–Trinajstić information content (AvgIpc) is 2.97. The first-order valence-electron chi connectivity index (χ1n) is 6.80. The highest BCUT2D eigenvalue weighted by Gasteiger charge is 2.33. The van der Waals surface area contributed by atoms with Crippen LogP contribution in [-0.4, -0.2) is 52.5 Å². The zero-order valence-electron chi connectivity index (χ0n) is 11.6. The van der Waals surface area contributed by atoms with Gasteiger partial charge in [-0.3, -0.25) is 0 Å². The fourth-order valence-electron chi connectivity index (χ4n) is 2.49. The van der Waals surface area contributed by atoms with Gasteiger partial charge in [-0.05, 0) is 19.2 Å². The zero-order valence-corrected chi connectivity index (χ0v) is 11.6. The molecule has 2 N–H and O–H groups in total. The summed E-state index contributed by atoms with van der Waals surface area (Å²) in [4.78, 5) is 0. The molecule has 0 radical (unpaired) electrons. The molecule has 1 aromatic carbocycles. The predicted octanol–water partition coefficient (Wildman–Crippen LogP) is 0.604. The standard InChI is InChI=1S/C14H17FN4O2/c1-16-12-7-21-8-13(14(12)20)19-6-11(17-18-19)9-3-2-4-10(15)5-9/h2-6,12-14,16,20H,7-8H2,1H3/t12-,13+,14+/m0/s1. The monoisotopic (exact) mass is 292 g/mol. The van der Waals surface area contributed by atoms with Crippen LogP contribution in [0.2, 0.25) is 0 Å². The highest BCUT2D eigenvalue weighted by Crippen LogP contribution is 2.23. The van der Waals surface area contributed by atoms with Crippen molar-refractivity contribution >= 4 is 0 Å². The van der Waals surface area contributed by atoms with Gasteiger partial charge in [-0.15, -0.1) is 5.10 Å². The van der Waals surface area contributed by atoms with E-state index in [9.17, 15) is 9.50 Å². The number of hydrogen-bond donors (Lipinski definition) is 2. The van der Waals surface area contributed by atoms with E-state index < -0.39 is 6.10 Å². The lowest BCUT2D eigenvalue weighted by Crippen LogP contribution is -2.51. The lowest BCUT2D eigenvalue weighted by Gasteiger charge is -2.34. The second-order valence-corrected chi connectivity index (χ2v) is 5.08. The molecule has 0 saturated carbocycles. The largest absolute Gasteiger partial charge is 0.389 e. The summed E-state index contributed by atoms with van der Waals surface area (Å²) in [5, 5.41) is 21.4. The number of ether oxygens (including phenoxy) is 1. The van der Waals surface area contributed by atoms with E-state index in [1.807, 2.05) is 0 Å². The first kappa shape index (κ1) is 14.1. The van der Waals surface area contributed by atoms with Crippen molar-refractivity contribution in [1.29, 1.82) is 0 Å². The molecule has 2 heterocycles. The van der Waals surface area contributed by atoms with E-state index in [-0.39, 0.29) is 17.9 Å². The van der Waals surface area contributed by atoms with Crippen molar-refractivity contribution in [2.75, 3.05) is 20.3 Å². The molecule has 3 rings (SSSR count). The molecule has 21 heavy (non-hydrogen) atoms. The molecule has 0 unspecified atom stereocenters. The fourth-order valence-corrected chi connectivity index (χ4v) is 2.49. The number of rotatable bonds is 3. The third-order valence-corrected chi connectivity index (χ3v) is 3.73. The van der Waals surface area contributed by atoms with Crippen molar-refractivity contribution < 1.29 is 14.2 Å². The molecule has 0 spiro atoms. The Morgan fingerprint density at radius 2 is 2.29 bits per heavy atom. The van der Waals surface area contributed by atoms with E-state index in [4.69, 9.17) is 4.74 Å². The van der Waals surface area contributed by atoms with Crippen LogP contribution in [0.4, 0.5) is 4.39 Å². The summed E-state index contributed by atoms with van der Waals surface area (Å²) in [5.74, 6) is -0.321. The van der Waals surface area contributed by atoms with E-state index in [1.165, 1.54) is 12.1 Å². The van der Waals surface area contributed by atoms with Crippen LogP contribution in [0.15, 0.2) is 30.5 Å². The Bertz CT molecular complexity index is 619. The molecule has 1 aliphatic heterocycles. The number of halogens is 1. The van der Waals surface area contributed by atoms with Gasteiger partial charge in [0.1, 0.15) is 17.6 Å². The summed E-state index contributed by atoms with van der Waals surface area (Å²) >= 11 is 0. The lowest BCUT2D eigenvalue weighted by molar-refractivity contribution is -0.0565. The minimum Gasteiger partial charge on any atom is -0.389 e. The molecule has 2 aromatic rings. The highest BCUT2D eigenvalue weighted by molar-refractivity contribution is 5.57. The van der Waals surface area contributed by atoms with Gasteiger partial charge in [0.15, 0.2) is 0 Å². The van der Waals surface area contributed by atoms with Gasteiger partial charge < -0.3 is 15.2 Å². The normalized spacial score (nSPS) is 26.0. The molecule has 3 atom stereocenters. The maximum absolute atomic E-state index is 13.3. The third-order valence-electron chi connectivity index (χ3n) is 3.73. The van der Waals surface area contributed by atoms with Crippen LogP contribution in [0.5, 0.6) is 0 Å². The van der Waals surface area contributed by atoms with E-state index in [2.05, 4.69) is 15.6 Å². The number of likely N-dealkylation sites (N-methyl/N-ethyl adjacent to an activating group) is 1. The third kappa shape index (κ3) is 2.80. The topological polar surface area (TPSA) is 72.2 Å². The Morgan fingerprint density at radius 3 is 3.05 bits per heavy atom. The summed E-state index contributed by atoms with van der Waals surface area (Å²) < 4.78 is 20.3. The maximum atomic E-state index is 13.3. The molecule has 1 saturated heterocycles. The molecule has 0 aliphatic carbocycles.